The number of aromatic amines is 1. The topological polar surface area (TPSA) is 70.9 Å². The van der Waals surface area contributed by atoms with Crippen LogP contribution < -0.4 is 0 Å². The molecule has 0 aliphatic heterocycles. The predicted octanol–water partition coefficient (Wildman–Crippen LogP) is 4.34. The lowest BCUT2D eigenvalue weighted by atomic mass is 10.1. The molecule has 0 saturated carbocycles. The van der Waals surface area contributed by atoms with Crippen molar-refractivity contribution in [2.45, 2.75) is 13.3 Å². The van der Waals surface area contributed by atoms with Gasteiger partial charge in [0.15, 0.2) is 0 Å². The molecule has 120 valence electrons. The fourth-order valence-corrected chi connectivity index (χ4v) is 3.83. The zero-order chi connectivity index (χ0) is 16.7. The molecule has 0 atom stereocenters. The Morgan fingerprint density at radius 1 is 1.29 bits per heavy atom. The molecular weight excluding hydrogens is 322 g/mol. The predicted molar refractivity (Wildman–Crippen MR) is 95.1 cm³/mol. The van der Waals surface area contributed by atoms with Crippen molar-refractivity contribution in [3.05, 3.63) is 58.4 Å². The first kappa shape index (κ1) is 14.7. The second kappa shape index (κ2) is 5.65. The lowest BCUT2D eigenvalue weighted by Crippen LogP contribution is -1.99. The van der Waals surface area contributed by atoms with Gasteiger partial charge in [-0.05, 0) is 30.7 Å². The van der Waals surface area contributed by atoms with Gasteiger partial charge in [0.25, 0.3) is 0 Å². The summed E-state index contributed by atoms with van der Waals surface area (Å²) >= 11 is 1.32. The SMILES string of the molecule is CCc1sc(C(=O)O)cc1-c1ccnn1-c1cc2ccccc2[nH]1. The summed E-state index contributed by atoms with van der Waals surface area (Å²) < 4.78 is 1.83. The fourth-order valence-electron chi connectivity index (χ4n) is 2.88. The molecule has 1 aromatic carbocycles. The zero-order valence-electron chi connectivity index (χ0n) is 13.0. The first-order valence-corrected chi connectivity index (χ1v) is 8.47. The summed E-state index contributed by atoms with van der Waals surface area (Å²) in [6.07, 6.45) is 2.52. The maximum Gasteiger partial charge on any atom is 0.345 e. The van der Waals surface area contributed by atoms with Gasteiger partial charge >= 0.3 is 5.97 Å². The third kappa shape index (κ3) is 2.32. The van der Waals surface area contributed by atoms with Gasteiger partial charge < -0.3 is 10.1 Å². The Labute approximate surface area is 142 Å². The molecule has 0 spiro atoms. The molecule has 0 radical (unpaired) electrons. The maximum atomic E-state index is 11.3. The molecule has 5 nitrogen and oxygen atoms in total. The van der Waals surface area contributed by atoms with E-state index in [2.05, 4.69) is 10.1 Å². The van der Waals surface area contributed by atoms with Crippen molar-refractivity contribution in [2.24, 2.45) is 0 Å². The van der Waals surface area contributed by atoms with Gasteiger partial charge in [0, 0.05) is 21.3 Å². The van der Waals surface area contributed by atoms with Gasteiger partial charge in [-0.25, -0.2) is 9.48 Å². The van der Waals surface area contributed by atoms with E-state index in [9.17, 15) is 9.90 Å². The number of fused-ring (bicyclic) bond motifs is 1. The largest absolute Gasteiger partial charge is 0.477 e. The van der Waals surface area contributed by atoms with Crippen molar-refractivity contribution in [3.8, 4) is 17.1 Å². The molecule has 0 amide bonds. The van der Waals surface area contributed by atoms with Crippen LogP contribution in [0.15, 0.2) is 48.7 Å². The first-order chi connectivity index (χ1) is 11.7. The summed E-state index contributed by atoms with van der Waals surface area (Å²) in [6.45, 7) is 2.03. The van der Waals surface area contributed by atoms with Crippen LogP contribution >= 0.6 is 11.3 Å². The second-order valence-electron chi connectivity index (χ2n) is 5.48. The number of carboxylic acid groups (broad SMARTS) is 1. The minimum Gasteiger partial charge on any atom is -0.477 e. The Morgan fingerprint density at radius 2 is 2.12 bits per heavy atom. The number of aromatic carboxylic acids is 1. The van der Waals surface area contributed by atoms with Gasteiger partial charge in [0.05, 0.1) is 11.9 Å². The van der Waals surface area contributed by atoms with E-state index in [-0.39, 0.29) is 0 Å². The highest BCUT2D eigenvalue weighted by Crippen LogP contribution is 2.33. The smallest absolute Gasteiger partial charge is 0.345 e. The molecule has 2 N–H and O–H groups in total. The van der Waals surface area contributed by atoms with E-state index in [0.29, 0.717) is 4.88 Å². The Bertz CT molecular complexity index is 1010. The molecule has 0 aliphatic rings. The van der Waals surface area contributed by atoms with E-state index in [4.69, 9.17) is 0 Å². The number of hydrogen-bond acceptors (Lipinski definition) is 3. The summed E-state index contributed by atoms with van der Waals surface area (Å²) in [4.78, 5) is 16.1. The number of hydrogen-bond donors (Lipinski definition) is 2. The molecule has 4 aromatic rings. The highest BCUT2D eigenvalue weighted by molar-refractivity contribution is 7.14. The van der Waals surface area contributed by atoms with Crippen molar-refractivity contribution in [2.75, 3.05) is 0 Å². The third-order valence-electron chi connectivity index (χ3n) is 4.00. The fraction of sp³-hybridized carbons (Fsp3) is 0.111. The van der Waals surface area contributed by atoms with Crippen LogP contribution in [0.25, 0.3) is 28.0 Å². The number of aromatic nitrogens is 3. The van der Waals surface area contributed by atoms with Crippen molar-refractivity contribution in [1.29, 1.82) is 0 Å². The van der Waals surface area contributed by atoms with Crippen molar-refractivity contribution < 1.29 is 9.90 Å². The molecule has 0 fully saturated rings. The number of nitrogens with one attached hydrogen (secondary N) is 1. The van der Waals surface area contributed by atoms with E-state index in [1.807, 2.05) is 48.0 Å². The van der Waals surface area contributed by atoms with E-state index in [1.54, 1.807) is 12.3 Å². The van der Waals surface area contributed by atoms with Crippen LogP contribution in [-0.2, 0) is 6.42 Å². The molecule has 3 heterocycles. The quantitative estimate of drug-likeness (QED) is 0.582. The van der Waals surface area contributed by atoms with Crippen LogP contribution in [-0.4, -0.2) is 25.8 Å². The number of nitrogens with zero attached hydrogens (tertiary/aromatic N) is 2. The average molecular weight is 337 g/mol. The third-order valence-corrected chi connectivity index (χ3v) is 5.27. The molecule has 0 aliphatic carbocycles. The molecule has 24 heavy (non-hydrogen) atoms. The minimum absolute atomic E-state index is 0.353. The standard InChI is InChI=1S/C18H15N3O2S/c1-2-15-12(10-16(24-15)18(22)23)14-7-8-19-21(14)17-9-11-5-3-4-6-13(11)20-17/h3-10,20H,2H2,1H3,(H,22,23). The zero-order valence-corrected chi connectivity index (χ0v) is 13.8. The number of aryl methyl sites for hydroxylation is 1. The Morgan fingerprint density at radius 3 is 2.88 bits per heavy atom. The van der Waals surface area contributed by atoms with Crippen LogP contribution in [0.3, 0.4) is 0 Å². The van der Waals surface area contributed by atoms with Gasteiger partial charge in [-0.3, -0.25) is 0 Å². The highest BCUT2D eigenvalue weighted by atomic mass is 32.1. The maximum absolute atomic E-state index is 11.3. The molecule has 0 unspecified atom stereocenters. The summed E-state index contributed by atoms with van der Waals surface area (Å²) in [5, 5.41) is 14.8. The molecule has 4 rings (SSSR count). The van der Waals surface area contributed by atoms with E-state index in [1.165, 1.54) is 11.3 Å². The van der Waals surface area contributed by atoms with Crippen LogP contribution in [0.1, 0.15) is 21.5 Å². The molecular formula is C18H15N3O2S. The number of thiophene rings is 1. The van der Waals surface area contributed by atoms with Crippen LogP contribution in [0.5, 0.6) is 0 Å². The number of para-hydroxylation sites is 1. The molecule has 6 heteroatoms. The molecule has 0 saturated heterocycles. The Balaban J connectivity index is 1.87. The summed E-state index contributed by atoms with van der Waals surface area (Å²) in [7, 11) is 0. The highest BCUT2D eigenvalue weighted by Gasteiger charge is 2.18. The number of benzene rings is 1. The van der Waals surface area contributed by atoms with Gasteiger partial charge in [0.1, 0.15) is 10.7 Å². The van der Waals surface area contributed by atoms with Gasteiger partial charge in [-0.15, -0.1) is 11.3 Å². The Kier molecular flexibility index (Phi) is 3.46. The number of H-pyrrole nitrogens is 1. The van der Waals surface area contributed by atoms with Crippen molar-refractivity contribution >= 4 is 28.2 Å². The monoisotopic (exact) mass is 337 g/mol. The molecule has 3 aromatic heterocycles. The summed E-state index contributed by atoms with van der Waals surface area (Å²) in [5.74, 6) is -0.0287. The first-order valence-electron chi connectivity index (χ1n) is 7.66. The van der Waals surface area contributed by atoms with Crippen molar-refractivity contribution in [1.82, 2.24) is 14.8 Å². The number of carbonyl (C=O) groups is 1. The number of rotatable bonds is 4. The van der Waals surface area contributed by atoms with Gasteiger partial charge in [-0.2, -0.15) is 5.10 Å². The average Bonchev–Trinajstić information content (AvgIpc) is 3.30. The van der Waals surface area contributed by atoms with Gasteiger partial charge in [-0.1, -0.05) is 25.1 Å². The van der Waals surface area contributed by atoms with E-state index in [0.717, 1.165) is 39.3 Å². The molecule has 0 bridgehead atoms. The van der Waals surface area contributed by atoms with Crippen LogP contribution in [0.4, 0.5) is 0 Å². The lowest BCUT2D eigenvalue weighted by Gasteiger charge is -2.05. The van der Waals surface area contributed by atoms with Crippen molar-refractivity contribution in [3.63, 3.8) is 0 Å². The summed E-state index contributed by atoms with van der Waals surface area (Å²) in [6, 6.07) is 13.7. The Hall–Kier alpha value is -2.86. The van der Waals surface area contributed by atoms with Gasteiger partial charge in [0.2, 0.25) is 0 Å². The van der Waals surface area contributed by atoms with Crippen LogP contribution in [0, 0.1) is 0 Å². The lowest BCUT2D eigenvalue weighted by molar-refractivity contribution is 0.0702. The van der Waals surface area contributed by atoms with E-state index >= 15 is 0 Å². The van der Waals surface area contributed by atoms with Crippen LogP contribution in [0.2, 0.25) is 0 Å². The minimum atomic E-state index is -0.891. The summed E-state index contributed by atoms with van der Waals surface area (Å²) in [5.41, 5.74) is 2.86. The van der Waals surface area contributed by atoms with E-state index < -0.39 is 5.97 Å². The number of carboxylic acids is 1. The second-order valence-corrected chi connectivity index (χ2v) is 6.61. The normalized spacial score (nSPS) is 11.2.